The van der Waals surface area contributed by atoms with Crippen LogP contribution in [0, 0.1) is 11.8 Å². The first kappa shape index (κ1) is 36.0. The highest BCUT2D eigenvalue weighted by molar-refractivity contribution is 7.91. The van der Waals surface area contributed by atoms with E-state index in [1.165, 1.54) is 34.3 Å². The minimum Gasteiger partial charge on any atom is -0.320 e. The van der Waals surface area contributed by atoms with E-state index in [2.05, 4.69) is 31.9 Å². The van der Waals surface area contributed by atoms with Crippen LogP contribution in [0.25, 0.3) is 0 Å². The van der Waals surface area contributed by atoms with Crippen molar-refractivity contribution in [1.82, 2.24) is 10.9 Å². The van der Waals surface area contributed by atoms with Crippen LogP contribution in [0.15, 0.2) is 117 Å². The molecule has 0 fully saturated rings. The third-order valence-corrected chi connectivity index (χ3v) is 10.6. The number of nitrogens with one attached hydrogen (secondary N) is 4. The number of amides is 2. The van der Waals surface area contributed by atoms with E-state index in [1.807, 2.05) is 27.7 Å². The molecule has 0 aliphatic carbocycles. The smallest absolute Gasteiger partial charge is 0.272 e. The Morgan fingerprint density at radius 3 is 1.22 bits per heavy atom. The van der Waals surface area contributed by atoms with Crippen LogP contribution in [0.1, 0.15) is 27.7 Å². The highest BCUT2D eigenvalue weighted by Gasteiger charge is 2.39. The molecule has 12 nitrogen and oxygen atoms in total. The molecule has 2 heterocycles. The largest absolute Gasteiger partial charge is 0.320 e. The van der Waals surface area contributed by atoms with Gasteiger partial charge in [0, 0.05) is 21.4 Å². The molecule has 0 saturated carbocycles. The fraction of sp³-hybridized carbons (Fsp3) is 0.222. The number of anilines is 4. The maximum atomic E-state index is 13.5. The second kappa shape index (κ2) is 14.8. The molecule has 0 radical (unpaired) electrons. The van der Waals surface area contributed by atoms with Gasteiger partial charge in [0.15, 0.2) is 0 Å². The summed E-state index contributed by atoms with van der Waals surface area (Å²) in [4.78, 5) is 26.8. The number of hydrogen-bond donors (Lipinski definition) is 4. The molecule has 4 aromatic rings. The van der Waals surface area contributed by atoms with Gasteiger partial charge >= 0.3 is 0 Å². The van der Waals surface area contributed by atoms with E-state index in [0.717, 1.165) is 0 Å². The van der Waals surface area contributed by atoms with Crippen molar-refractivity contribution in [3.63, 3.8) is 0 Å². The van der Waals surface area contributed by atoms with Gasteiger partial charge in [-0.2, -0.15) is 20.2 Å². The molecule has 264 valence electrons. The second-order valence-electron chi connectivity index (χ2n) is 12.6. The van der Waals surface area contributed by atoms with Crippen molar-refractivity contribution < 1.29 is 18.0 Å². The van der Waals surface area contributed by atoms with Gasteiger partial charge in [-0.3, -0.25) is 9.59 Å². The SMILES string of the molecule is CC(C)C1=NN(c2ccc(Cl)cc2)C(=O)C1NNc1ccc(S(=O)(=O)c2ccc(NNC3C(=O)N(c4ccc(Cl)cc4)N=C3C(C)C)cc2)cc1. The molecule has 0 aromatic heterocycles. The molecule has 2 aliphatic rings. The first-order valence-corrected chi connectivity index (χ1v) is 18.4. The van der Waals surface area contributed by atoms with Crippen LogP contribution in [0.5, 0.6) is 0 Å². The van der Waals surface area contributed by atoms with Gasteiger partial charge in [-0.1, -0.05) is 50.9 Å². The van der Waals surface area contributed by atoms with Crippen molar-refractivity contribution in [2.45, 2.75) is 49.6 Å². The van der Waals surface area contributed by atoms with Gasteiger partial charge in [0.2, 0.25) is 9.84 Å². The molecule has 6 rings (SSSR count). The number of carbonyl (C=O) groups is 2. The van der Waals surface area contributed by atoms with Gasteiger partial charge < -0.3 is 10.9 Å². The standard InChI is InChI=1S/C36H36Cl2N8O4S/c1-21(2)31-33(35(47)45(43-31)27-13-5-23(37)6-14-27)41-39-25-9-17-29(18-10-25)51(49,50)30-19-11-26(12-20-30)40-42-34-32(22(3)4)44-46(36(34)48)28-15-7-24(38)8-16-28/h5-22,33-34,39-42H,1-4H3. The number of rotatable bonds is 12. The Hall–Kier alpha value is -4.79. The van der Waals surface area contributed by atoms with E-state index in [-0.39, 0.29) is 33.4 Å². The van der Waals surface area contributed by atoms with Crippen molar-refractivity contribution in [2.75, 3.05) is 20.9 Å². The Kier molecular flexibility index (Phi) is 10.5. The number of sulfone groups is 1. The van der Waals surface area contributed by atoms with Gasteiger partial charge in [0.1, 0.15) is 12.1 Å². The van der Waals surface area contributed by atoms with Crippen molar-refractivity contribution in [3.05, 3.63) is 107 Å². The predicted molar refractivity (Wildman–Crippen MR) is 202 cm³/mol. The van der Waals surface area contributed by atoms with Crippen LogP contribution in [-0.4, -0.2) is 43.7 Å². The summed E-state index contributed by atoms with van der Waals surface area (Å²) in [6, 6.07) is 24.6. The number of hydrazone groups is 2. The van der Waals surface area contributed by atoms with E-state index >= 15 is 0 Å². The lowest BCUT2D eigenvalue weighted by Crippen LogP contribution is -2.47. The fourth-order valence-electron chi connectivity index (χ4n) is 5.53. The van der Waals surface area contributed by atoms with Gasteiger partial charge in [0.25, 0.3) is 11.8 Å². The maximum Gasteiger partial charge on any atom is 0.272 e. The molecule has 0 spiro atoms. The molecule has 0 saturated heterocycles. The minimum atomic E-state index is -3.85. The number of benzene rings is 4. The Labute approximate surface area is 306 Å². The zero-order chi connectivity index (χ0) is 36.4. The number of hydrazine groups is 2. The van der Waals surface area contributed by atoms with Crippen LogP contribution in [-0.2, 0) is 19.4 Å². The quantitative estimate of drug-likeness (QED) is 0.120. The van der Waals surface area contributed by atoms with E-state index in [4.69, 9.17) is 23.2 Å². The van der Waals surface area contributed by atoms with E-state index in [1.54, 1.807) is 72.8 Å². The first-order valence-electron chi connectivity index (χ1n) is 16.2. The number of halogens is 2. The highest BCUT2D eigenvalue weighted by atomic mass is 35.5. The number of nitrogens with zero attached hydrogens (tertiary/aromatic N) is 4. The van der Waals surface area contributed by atoms with Crippen LogP contribution < -0.4 is 31.7 Å². The van der Waals surface area contributed by atoms with Crippen molar-refractivity contribution in [2.24, 2.45) is 22.0 Å². The molecule has 2 aliphatic heterocycles. The third kappa shape index (κ3) is 7.63. The van der Waals surface area contributed by atoms with Crippen LogP contribution in [0.4, 0.5) is 22.7 Å². The Morgan fingerprint density at radius 1 is 0.569 bits per heavy atom. The van der Waals surface area contributed by atoms with Gasteiger partial charge in [-0.05, 0) is 109 Å². The topological polar surface area (TPSA) is 148 Å². The summed E-state index contributed by atoms with van der Waals surface area (Å²) >= 11 is 12.0. The predicted octanol–water partition coefficient (Wildman–Crippen LogP) is 6.51. The molecule has 51 heavy (non-hydrogen) atoms. The summed E-state index contributed by atoms with van der Waals surface area (Å²) in [6.07, 6.45) is 0. The Morgan fingerprint density at radius 2 is 0.902 bits per heavy atom. The Balaban J connectivity index is 1.08. The number of carbonyl (C=O) groups excluding carboxylic acids is 2. The average Bonchev–Trinajstić information content (AvgIpc) is 3.63. The molecular formula is C36H36Cl2N8O4S. The molecule has 2 amide bonds. The van der Waals surface area contributed by atoms with Crippen molar-refractivity contribution in [1.29, 1.82) is 0 Å². The Bertz CT molecular complexity index is 1940. The lowest BCUT2D eigenvalue weighted by atomic mass is 10.0. The van der Waals surface area contributed by atoms with Crippen molar-refractivity contribution in [3.8, 4) is 0 Å². The summed E-state index contributed by atoms with van der Waals surface area (Å²) < 4.78 is 27.0. The summed E-state index contributed by atoms with van der Waals surface area (Å²) in [5.74, 6) is -0.553. The normalized spacial score (nSPS) is 17.7. The zero-order valence-corrected chi connectivity index (χ0v) is 30.5. The molecule has 2 unspecified atom stereocenters. The summed E-state index contributed by atoms with van der Waals surface area (Å²) in [7, 11) is -3.85. The monoisotopic (exact) mass is 746 g/mol. The summed E-state index contributed by atoms with van der Waals surface area (Å²) in [6.45, 7) is 7.82. The molecular weight excluding hydrogens is 711 g/mol. The maximum absolute atomic E-state index is 13.5. The second-order valence-corrected chi connectivity index (χ2v) is 15.4. The van der Waals surface area contributed by atoms with Crippen LogP contribution >= 0.6 is 23.2 Å². The average molecular weight is 748 g/mol. The van der Waals surface area contributed by atoms with Crippen molar-refractivity contribution >= 4 is 79.0 Å². The summed E-state index contributed by atoms with van der Waals surface area (Å²) in [5.41, 5.74) is 15.8. The van der Waals surface area contributed by atoms with E-state index in [9.17, 15) is 18.0 Å². The molecule has 4 N–H and O–H groups in total. The fourth-order valence-corrected chi connectivity index (χ4v) is 7.04. The number of hydrogen-bond acceptors (Lipinski definition) is 10. The van der Waals surface area contributed by atoms with E-state index in [0.29, 0.717) is 44.2 Å². The third-order valence-electron chi connectivity index (χ3n) is 8.31. The lowest BCUT2D eigenvalue weighted by Gasteiger charge is -2.18. The molecule has 4 aromatic carbocycles. The first-order chi connectivity index (χ1) is 24.3. The van der Waals surface area contributed by atoms with E-state index < -0.39 is 21.9 Å². The molecule has 0 bridgehead atoms. The highest BCUT2D eigenvalue weighted by Crippen LogP contribution is 2.28. The van der Waals surface area contributed by atoms with Crippen LogP contribution in [0.3, 0.4) is 0 Å². The lowest BCUT2D eigenvalue weighted by molar-refractivity contribution is -0.119. The molecule has 2 atom stereocenters. The van der Waals surface area contributed by atoms with Gasteiger partial charge in [0.05, 0.1) is 32.6 Å². The van der Waals surface area contributed by atoms with Crippen LogP contribution in [0.2, 0.25) is 10.0 Å². The van der Waals surface area contributed by atoms with Gasteiger partial charge in [-0.15, -0.1) is 0 Å². The zero-order valence-electron chi connectivity index (χ0n) is 28.1. The van der Waals surface area contributed by atoms with Gasteiger partial charge in [-0.25, -0.2) is 19.3 Å². The minimum absolute atomic E-state index is 0.0162. The summed E-state index contributed by atoms with van der Waals surface area (Å²) in [5, 5.41) is 12.9. The molecule has 15 heteroatoms.